The Labute approximate surface area is 139 Å². The van der Waals surface area contributed by atoms with Gasteiger partial charge >= 0.3 is 0 Å². The number of anilines is 1. The predicted molar refractivity (Wildman–Crippen MR) is 97.5 cm³/mol. The number of fused-ring (bicyclic) bond motifs is 1. The molecule has 0 aliphatic rings. The lowest BCUT2D eigenvalue weighted by molar-refractivity contribution is 0.839. The molecule has 1 aromatic heterocycles. The Morgan fingerprint density at radius 1 is 1.09 bits per heavy atom. The minimum atomic E-state index is -0.179. The number of hydrogen-bond acceptors (Lipinski definition) is 3. The molecule has 0 aliphatic heterocycles. The molecule has 0 aliphatic carbocycles. The highest BCUT2D eigenvalue weighted by Gasteiger charge is 2.08. The van der Waals surface area contributed by atoms with Crippen molar-refractivity contribution in [2.45, 2.75) is 13.8 Å². The zero-order valence-corrected chi connectivity index (χ0v) is 13.6. The van der Waals surface area contributed by atoms with Gasteiger partial charge in [-0.15, -0.1) is 0 Å². The van der Waals surface area contributed by atoms with Crippen molar-refractivity contribution in [3.05, 3.63) is 70.3 Å². The summed E-state index contributed by atoms with van der Waals surface area (Å²) in [7, 11) is 0. The average Bonchev–Trinajstić information content (AvgIpc) is 2.54. The van der Waals surface area contributed by atoms with Crippen LogP contribution in [0.15, 0.2) is 53.3 Å². The van der Waals surface area contributed by atoms with Crippen molar-refractivity contribution in [1.82, 2.24) is 9.66 Å². The number of para-hydroxylation sites is 1. The molecule has 0 atom stereocenters. The number of hydrogen-bond donors (Lipinski definition) is 2. The third-order valence-corrected chi connectivity index (χ3v) is 3.66. The third-order valence-electron chi connectivity index (χ3n) is 3.47. The normalized spacial score (nSPS) is 10.5. The van der Waals surface area contributed by atoms with Crippen molar-refractivity contribution in [1.29, 1.82) is 0 Å². The molecule has 3 aromatic rings. The van der Waals surface area contributed by atoms with Crippen LogP contribution in [0, 0.1) is 13.8 Å². The summed E-state index contributed by atoms with van der Waals surface area (Å²) in [6, 6.07) is 15.1. The molecule has 0 spiro atoms. The van der Waals surface area contributed by atoms with Gasteiger partial charge < -0.3 is 5.32 Å². The van der Waals surface area contributed by atoms with Gasteiger partial charge in [-0.1, -0.05) is 29.8 Å². The van der Waals surface area contributed by atoms with Crippen LogP contribution < -0.4 is 16.3 Å². The highest BCUT2D eigenvalue weighted by molar-refractivity contribution is 7.80. The number of thiocarbonyl (C=S) groups is 1. The standard InChI is InChI=1S/C17H16N4OS/c1-11-7-9-13(10-8-11)19-17(23)20-21-12(2)18-15-6-4-3-5-14(15)16(21)22/h3-10H,1-2H3,(H2,19,20,23). The quantitative estimate of drug-likeness (QED) is 0.710. The van der Waals surface area contributed by atoms with Crippen LogP contribution in [0.25, 0.3) is 10.9 Å². The van der Waals surface area contributed by atoms with Crippen molar-refractivity contribution < 1.29 is 0 Å². The van der Waals surface area contributed by atoms with Gasteiger partial charge in [0.2, 0.25) is 0 Å². The molecule has 5 nitrogen and oxygen atoms in total. The molecule has 1 heterocycles. The molecule has 0 bridgehead atoms. The van der Waals surface area contributed by atoms with Crippen LogP contribution in [0.4, 0.5) is 5.69 Å². The van der Waals surface area contributed by atoms with Crippen LogP contribution in [0.5, 0.6) is 0 Å². The first kappa shape index (κ1) is 15.2. The lowest BCUT2D eigenvalue weighted by atomic mass is 10.2. The molecule has 3 rings (SSSR count). The second kappa shape index (κ2) is 6.18. The molecule has 0 fully saturated rings. The van der Waals surface area contributed by atoms with Gasteiger partial charge in [0.1, 0.15) is 5.82 Å². The Bertz CT molecular complexity index is 931. The van der Waals surface area contributed by atoms with Crippen molar-refractivity contribution in [2.75, 3.05) is 10.7 Å². The average molecular weight is 324 g/mol. The molecule has 0 saturated carbocycles. The maximum absolute atomic E-state index is 12.6. The van der Waals surface area contributed by atoms with Crippen LogP contribution in [-0.2, 0) is 0 Å². The first-order chi connectivity index (χ1) is 11.0. The third kappa shape index (κ3) is 3.22. The first-order valence-electron chi connectivity index (χ1n) is 7.17. The molecule has 0 radical (unpaired) electrons. The van der Waals surface area contributed by atoms with Gasteiger partial charge in [-0.2, -0.15) is 0 Å². The van der Waals surface area contributed by atoms with Crippen LogP contribution in [0.1, 0.15) is 11.4 Å². The van der Waals surface area contributed by atoms with Crippen LogP contribution >= 0.6 is 12.2 Å². The van der Waals surface area contributed by atoms with E-state index in [1.54, 1.807) is 13.0 Å². The Hall–Kier alpha value is -2.73. The minimum absolute atomic E-state index is 0.179. The molecule has 2 N–H and O–H groups in total. The van der Waals surface area contributed by atoms with E-state index in [1.165, 1.54) is 10.2 Å². The molecule has 116 valence electrons. The van der Waals surface area contributed by atoms with E-state index in [-0.39, 0.29) is 5.56 Å². The van der Waals surface area contributed by atoms with Crippen LogP contribution in [0.2, 0.25) is 0 Å². The van der Waals surface area contributed by atoms with E-state index in [0.29, 0.717) is 21.8 Å². The summed E-state index contributed by atoms with van der Waals surface area (Å²) in [5.74, 6) is 0.543. The van der Waals surface area contributed by atoms with E-state index in [2.05, 4.69) is 15.7 Å². The maximum atomic E-state index is 12.6. The Balaban J connectivity index is 1.87. The fraction of sp³-hybridized carbons (Fsp3) is 0.118. The van der Waals surface area contributed by atoms with E-state index >= 15 is 0 Å². The maximum Gasteiger partial charge on any atom is 0.280 e. The van der Waals surface area contributed by atoms with Crippen molar-refractivity contribution in [3.63, 3.8) is 0 Å². The van der Waals surface area contributed by atoms with Gasteiger partial charge in [-0.3, -0.25) is 10.2 Å². The van der Waals surface area contributed by atoms with Gasteiger partial charge in [0.25, 0.3) is 5.56 Å². The first-order valence-corrected chi connectivity index (χ1v) is 7.58. The highest BCUT2D eigenvalue weighted by atomic mass is 32.1. The number of rotatable bonds is 2. The number of nitrogens with one attached hydrogen (secondary N) is 2. The van der Waals surface area contributed by atoms with Gasteiger partial charge in [0, 0.05) is 5.69 Å². The topological polar surface area (TPSA) is 58.9 Å². The monoisotopic (exact) mass is 324 g/mol. The summed E-state index contributed by atoms with van der Waals surface area (Å²) in [4.78, 5) is 17.0. The fourth-order valence-corrected chi connectivity index (χ4v) is 2.48. The van der Waals surface area contributed by atoms with Gasteiger partial charge in [0.05, 0.1) is 10.9 Å². The molecule has 0 amide bonds. The lowest BCUT2D eigenvalue weighted by Crippen LogP contribution is -2.37. The SMILES string of the molecule is Cc1ccc(NC(=S)Nn2c(C)nc3ccccc3c2=O)cc1. The van der Waals surface area contributed by atoms with Crippen molar-refractivity contribution >= 4 is 33.9 Å². The number of benzene rings is 2. The Morgan fingerprint density at radius 2 is 1.78 bits per heavy atom. The lowest BCUT2D eigenvalue weighted by Gasteiger charge is -2.15. The number of nitrogens with zero attached hydrogens (tertiary/aromatic N) is 2. The molecule has 2 aromatic carbocycles. The zero-order chi connectivity index (χ0) is 16.4. The Kier molecular flexibility index (Phi) is 4.08. The van der Waals surface area contributed by atoms with E-state index < -0.39 is 0 Å². The summed E-state index contributed by atoms with van der Waals surface area (Å²) in [5.41, 5.74) is 5.41. The van der Waals surface area contributed by atoms with Crippen LogP contribution in [-0.4, -0.2) is 14.8 Å². The summed E-state index contributed by atoms with van der Waals surface area (Å²) >= 11 is 5.28. The molecule has 23 heavy (non-hydrogen) atoms. The van der Waals surface area contributed by atoms with E-state index in [0.717, 1.165) is 5.69 Å². The predicted octanol–water partition coefficient (Wildman–Crippen LogP) is 2.95. The number of aromatic nitrogens is 2. The summed E-state index contributed by atoms with van der Waals surface area (Å²) < 4.78 is 1.35. The van der Waals surface area contributed by atoms with E-state index in [1.807, 2.05) is 49.4 Å². The summed E-state index contributed by atoms with van der Waals surface area (Å²) in [6.07, 6.45) is 0. The Morgan fingerprint density at radius 3 is 2.52 bits per heavy atom. The second-order valence-electron chi connectivity index (χ2n) is 5.25. The smallest absolute Gasteiger partial charge is 0.280 e. The fourth-order valence-electron chi connectivity index (χ4n) is 2.27. The molecule has 6 heteroatoms. The van der Waals surface area contributed by atoms with Gasteiger partial charge in [-0.25, -0.2) is 9.66 Å². The zero-order valence-electron chi connectivity index (χ0n) is 12.8. The summed E-state index contributed by atoms with van der Waals surface area (Å²) in [5, 5.41) is 3.93. The van der Waals surface area contributed by atoms with Gasteiger partial charge in [0.15, 0.2) is 5.11 Å². The van der Waals surface area contributed by atoms with E-state index in [4.69, 9.17) is 12.2 Å². The van der Waals surface area contributed by atoms with Gasteiger partial charge in [-0.05, 0) is 50.3 Å². The largest absolute Gasteiger partial charge is 0.331 e. The number of aryl methyl sites for hydroxylation is 2. The van der Waals surface area contributed by atoms with E-state index in [9.17, 15) is 4.79 Å². The molecule has 0 unspecified atom stereocenters. The molecular weight excluding hydrogens is 308 g/mol. The van der Waals surface area contributed by atoms with Crippen LogP contribution in [0.3, 0.4) is 0 Å². The van der Waals surface area contributed by atoms with Crippen molar-refractivity contribution in [3.8, 4) is 0 Å². The molecule has 0 saturated heterocycles. The van der Waals surface area contributed by atoms with Crippen molar-refractivity contribution in [2.24, 2.45) is 0 Å². The summed E-state index contributed by atoms with van der Waals surface area (Å²) in [6.45, 7) is 3.78. The second-order valence-corrected chi connectivity index (χ2v) is 5.66. The minimum Gasteiger partial charge on any atom is -0.331 e. The molecular formula is C17H16N4OS. The highest BCUT2D eigenvalue weighted by Crippen LogP contribution is 2.09.